The summed E-state index contributed by atoms with van der Waals surface area (Å²) in [5.41, 5.74) is 4.71. The topological polar surface area (TPSA) is 37.3 Å². The number of unbranched alkanes of at least 4 members (excludes halogenated alkanes) is 5. The lowest BCUT2D eigenvalue weighted by Crippen LogP contribution is -2.24. The molecule has 0 radical (unpaired) electrons. The van der Waals surface area contributed by atoms with Crippen LogP contribution >= 0.6 is 11.8 Å². The number of aromatic nitrogens is 1. The highest BCUT2D eigenvalue weighted by Crippen LogP contribution is 2.20. The maximum absolute atomic E-state index is 4.57. The Morgan fingerprint density at radius 1 is 0.862 bits per heavy atom. The van der Waals surface area contributed by atoms with Crippen LogP contribution in [0.3, 0.4) is 0 Å². The minimum Gasteiger partial charge on any atom is -0.335 e. The molecule has 2 heterocycles. The third kappa shape index (κ3) is 7.90. The first kappa shape index (κ1) is 21.4. The zero-order valence-corrected chi connectivity index (χ0v) is 18.0. The number of rotatable bonds is 11. The number of aryl methyl sites for hydroxylation is 1. The van der Waals surface area contributed by atoms with Crippen molar-refractivity contribution in [2.45, 2.75) is 51.4 Å². The first-order valence-corrected chi connectivity index (χ1v) is 11.6. The number of benzene rings is 1. The van der Waals surface area contributed by atoms with E-state index in [-0.39, 0.29) is 0 Å². The van der Waals surface area contributed by atoms with Gasteiger partial charge in [0, 0.05) is 36.5 Å². The molecule has 1 aromatic carbocycles. The van der Waals surface area contributed by atoms with Crippen molar-refractivity contribution in [3.8, 4) is 0 Å². The average Bonchev–Trinajstić information content (AvgIpc) is 2.76. The average molecular weight is 406 g/mol. The van der Waals surface area contributed by atoms with E-state index in [1.54, 1.807) is 18.0 Å². The quantitative estimate of drug-likeness (QED) is 0.446. The highest BCUT2D eigenvalue weighted by Gasteiger charge is 2.12. The molecule has 3 nitrogen and oxygen atoms in total. The zero-order chi connectivity index (χ0) is 20.2. The lowest BCUT2D eigenvalue weighted by Gasteiger charge is -2.18. The van der Waals surface area contributed by atoms with E-state index >= 15 is 0 Å². The van der Waals surface area contributed by atoms with Gasteiger partial charge in [0.15, 0.2) is 5.17 Å². The Labute approximate surface area is 179 Å². The number of pyridine rings is 1. The van der Waals surface area contributed by atoms with E-state index in [9.17, 15) is 0 Å². The van der Waals surface area contributed by atoms with Crippen LogP contribution in [0.1, 0.15) is 49.7 Å². The van der Waals surface area contributed by atoms with E-state index in [4.69, 9.17) is 0 Å². The molecular weight excluding hydrogens is 374 g/mol. The maximum Gasteiger partial charge on any atom is 0.165 e. The third-order valence-electron chi connectivity index (χ3n) is 5.04. The van der Waals surface area contributed by atoms with Crippen molar-refractivity contribution >= 4 is 16.9 Å². The predicted octanol–water partition coefficient (Wildman–Crippen LogP) is 6.30. The summed E-state index contributed by atoms with van der Waals surface area (Å²) >= 11 is 1.80. The molecule has 1 aliphatic heterocycles. The van der Waals surface area contributed by atoms with Crippen LogP contribution in [0.2, 0.25) is 0 Å². The van der Waals surface area contributed by atoms with E-state index in [2.05, 4.69) is 58.3 Å². The molecular formula is C25H31N3S. The fraction of sp³-hybridized carbons (Fsp3) is 0.360. The standard InChI is InChI=1S/C25H31N3S/c1-21-24(18-23-15-11-16-26-19-23)20-27-25(28-21)29-17-10-5-3-2-4-7-12-22-13-8-6-9-14-22/h6,8-9,11,13-16,19-20H,1-5,7,10,12,17-18H2,(H,27,28). The Hall–Kier alpha value is -2.33. The second-order valence-electron chi connectivity index (χ2n) is 7.44. The molecule has 1 N–H and O–H groups in total. The molecule has 0 spiro atoms. The van der Waals surface area contributed by atoms with Gasteiger partial charge in [-0.3, -0.25) is 4.98 Å². The largest absolute Gasteiger partial charge is 0.335 e. The summed E-state index contributed by atoms with van der Waals surface area (Å²) in [7, 11) is 0. The summed E-state index contributed by atoms with van der Waals surface area (Å²) in [6, 6.07) is 14.8. The van der Waals surface area contributed by atoms with Crippen molar-refractivity contribution < 1.29 is 0 Å². The van der Waals surface area contributed by atoms with E-state index in [0.717, 1.165) is 28.6 Å². The van der Waals surface area contributed by atoms with Gasteiger partial charge in [-0.2, -0.15) is 0 Å². The number of nitrogens with one attached hydrogen (secondary N) is 1. The molecule has 0 atom stereocenters. The monoisotopic (exact) mass is 405 g/mol. The lowest BCUT2D eigenvalue weighted by molar-refractivity contribution is 0.609. The van der Waals surface area contributed by atoms with Gasteiger partial charge in [-0.05, 0) is 42.0 Å². The van der Waals surface area contributed by atoms with E-state index in [0.29, 0.717) is 0 Å². The Bertz CT molecular complexity index is 812. The summed E-state index contributed by atoms with van der Waals surface area (Å²) in [6.45, 7) is 4.16. The van der Waals surface area contributed by atoms with Gasteiger partial charge in [0.2, 0.25) is 0 Å². The molecule has 1 aliphatic rings. The number of nitrogens with zero attached hydrogens (tertiary/aromatic N) is 2. The molecule has 0 fully saturated rings. The van der Waals surface area contributed by atoms with Gasteiger partial charge in [-0.1, -0.05) is 80.4 Å². The van der Waals surface area contributed by atoms with Crippen molar-refractivity contribution in [3.63, 3.8) is 0 Å². The normalized spacial score (nSPS) is 13.6. The van der Waals surface area contributed by atoms with Gasteiger partial charge in [-0.15, -0.1) is 0 Å². The summed E-state index contributed by atoms with van der Waals surface area (Å²) in [6.07, 6.45) is 15.5. The number of aliphatic imine (C=N–C) groups is 1. The molecule has 0 unspecified atom stereocenters. The van der Waals surface area contributed by atoms with Gasteiger partial charge < -0.3 is 5.32 Å². The van der Waals surface area contributed by atoms with Crippen LogP contribution in [-0.2, 0) is 12.8 Å². The second kappa shape index (κ2) is 12.3. The van der Waals surface area contributed by atoms with Crippen molar-refractivity contribution in [1.82, 2.24) is 10.3 Å². The molecule has 2 aromatic rings. The van der Waals surface area contributed by atoms with Crippen molar-refractivity contribution in [1.29, 1.82) is 0 Å². The van der Waals surface area contributed by atoms with Crippen LogP contribution in [0.4, 0.5) is 0 Å². The number of amidine groups is 1. The van der Waals surface area contributed by atoms with Gasteiger partial charge in [-0.25, -0.2) is 4.99 Å². The fourth-order valence-corrected chi connectivity index (χ4v) is 4.22. The maximum atomic E-state index is 4.57. The van der Waals surface area contributed by atoms with E-state index in [1.165, 1.54) is 56.1 Å². The molecule has 29 heavy (non-hydrogen) atoms. The number of allylic oxidation sites excluding steroid dienone is 1. The molecule has 0 saturated carbocycles. The molecule has 0 saturated heterocycles. The summed E-state index contributed by atoms with van der Waals surface area (Å²) in [4.78, 5) is 8.74. The Balaban J connectivity index is 1.25. The van der Waals surface area contributed by atoms with Crippen molar-refractivity contribution in [2.75, 3.05) is 5.75 Å². The van der Waals surface area contributed by atoms with E-state index < -0.39 is 0 Å². The van der Waals surface area contributed by atoms with Gasteiger partial charge >= 0.3 is 0 Å². The molecule has 0 amide bonds. The van der Waals surface area contributed by atoms with Crippen LogP contribution in [0.25, 0.3) is 0 Å². The molecule has 152 valence electrons. The number of thioether (sulfide) groups is 1. The highest BCUT2D eigenvalue weighted by molar-refractivity contribution is 8.13. The van der Waals surface area contributed by atoms with Crippen LogP contribution in [0.5, 0.6) is 0 Å². The molecule has 0 aliphatic carbocycles. The minimum atomic E-state index is 0.811. The van der Waals surface area contributed by atoms with E-state index in [1.807, 2.05) is 18.5 Å². The van der Waals surface area contributed by atoms with Crippen molar-refractivity contribution in [3.05, 3.63) is 90.0 Å². The number of hydrogen-bond donors (Lipinski definition) is 1. The van der Waals surface area contributed by atoms with Crippen LogP contribution in [0, 0.1) is 0 Å². The first-order valence-electron chi connectivity index (χ1n) is 10.6. The summed E-state index contributed by atoms with van der Waals surface area (Å²) in [5.74, 6) is 1.11. The molecule has 1 aromatic heterocycles. The first-order chi connectivity index (χ1) is 14.3. The van der Waals surface area contributed by atoms with Crippen LogP contribution < -0.4 is 5.32 Å². The SMILES string of the molecule is C=C1NC(SCCCCCCCCc2ccccc2)=NC=C1Cc1cccnc1. The fourth-order valence-electron chi connectivity index (χ4n) is 3.36. The van der Waals surface area contributed by atoms with Crippen LogP contribution in [0.15, 0.2) is 83.9 Å². The smallest absolute Gasteiger partial charge is 0.165 e. The molecule has 4 heteroatoms. The second-order valence-corrected chi connectivity index (χ2v) is 8.52. The Morgan fingerprint density at radius 3 is 2.38 bits per heavy atom. The third-order valence-corrected chi connectivity index (χ3v) is 6.02. The summed E-state index contributed by atoms with van der Waals surface area (Å²) < 4.78 is 0. The van der Waals surface area contributed by atoms with Crippen molar-refractivity contribution in [2.24, 2.45) is 4.99 Å². The summed E-state index contributed by atoms with van der Waals surface area (Å²) in [5, 5.41) is 4.32. The lowest BCUT2D eigenvalue weighted by atomic mass is 10.1. The molecule has 3 rings (SSSR count). The minimum absolute atomic E-state index is 0.811. The van der Waals surface area contributed by atoms with Gasteiger partial charge in [0.1, 0.15) is 0 Å². The highest BCUT2D eigenvalue weighted by atomic mass is 32.2. The Morgan fingerprint density at radius 2 is 1.62 bits per heavy atom. The molecule has 0 bridgehead atoms. The van der Waals surface area contributed by atoms with Gasteiger partial charge in [0.25, 0.3) is 0 Å². The van der Waals surface area contributed by atoms with Gasteiger partial charge in [0.05, 0.1) is 0 Å². The van der Waals surface area contributed by atoms with Crippen LogP contribution in [-0.4, -0.2) is 15.9 Å². The Kier molecular flexibility index (Phi) is 9.05. The number of hydrogen-bond acceptors (Lipinski definition) is 4. The predicted molar refractivity (Wildman–Crippen MR) is 126 cm³/mol. The zero-order valence-electron chi connectivity index (χ0n) is 17.1.